The Labute approximate surface area is 198 Å². The first-order chi connectivity index (χ1) is 15.6. The fourth-order valence-electron chi connectivity index (χ4n) is 2.99. The van der Waals surface area contributed by atoms with Crippen LogP contribution in [0.2, 0.25) is 0 Å². The van der Waals surface area contributed by atoms with E-state index in [2.05, 4.69) is 46.5 Å². The monoisotopic (exact) mass is 508 g/mol. The number of thiazole rings is 1. The van der Waals surface area contributed by atoms with Gasteiger partial charge in [0.25, 0.3) is 0 Å². The highest BCUT2D eigenvalue weighted by Gasteiger charge is 2.11. The molecule has 0 aliphatic rings. The molecule has 2 heterocycles. The number of methoxy groups -OCH3 is 1. The minimum absolute atomic E-state index is 0.515. The van der Waals surface area contributed by atoms with Gasteiger partial charge in [-0.15, -0.1) is 0 Å². The van der Waals surface area contributed by atoms with E-state index in [1.807, 2.05) is 68.7 Å². The van der Waals surface area contributed by atoms with E-state index < -0.39 is 0 Å². The number of anilines is 3. The molecule has 162 valence electrons. The zero-order chi connectivity index (χ0) is 22.5. The molecule has 0 spiro atoms. The van der Waals surface area contributed by atoms with Crippen molar-refractivity contribution in [2.45, 2.75) is 6.92 Å². The summed E-state index contributed by atoms with van der Waals surface area (Å²) in [5, 5.41) is 7.20. The molecule has 4 aromatic rings. The van der Waals surface area contributed by atoms with Crippen molar-refractivity contribution >= 4 is 55.9 Å². The van der Waals surface area contributed by atoms with Crippen molar-refractivity contribution in [2.24, 2.45) is 4.99 Å². The molecule has 4 rings (SSSR count). The van der Waals surface area contributed by atoms with Gasteiger partial charge < -0.3 is 15.4 Å². The number of aromatic nitrogens is 3. The topological polar surface area (TPSA) is 84.3 Å². The van der Waals surface area contributed by atoms with E-state index in [1.165, 1.54) is 0 Å². The Bertz CT molecular complexity index is 1270. The molecule has 2 aromatic carbocycles. The first-order valence-electron chi connectivity index (χ1n) is 9.79. The lowest BCUT2D eigenvalue weighted by molar-refractivity contribution is 0.412. The van der Waals surface area contributed by atoms with E-state index in [0.29, 0.717) is 5.95 Å². The van der Waals surface area contributed by atoms with Crippen LogP contribution in [0.4, 0.5) is 22.5 Å². The van der Waals surface area contributed by atoms with E-state index in [0.717, 1.165) is 48.6 Å². The van der Waals surface area contributed by atoms with E-state index >= 15 is 0 Å². The summed E-state index contributed by atoms with van der Waals surface area (Å²) in [4.78, 5) is 19.1. The summed E-state index contributed by atoms with van der Waals surface area (Å²) in [7, 11) is 3.50. The Balaban J connectivity index is 1.52. The van der Waals surface area contributed by atoms with Gasteiger partial charge >= 0.3 is 0 Å². The summed E-state index contributed by atoms with van der Waals surface area (Å²) in [5.41, 5.74) is 4.40. The van der Waals surface area contributed by atoms with Crippen molar-refractivity contribution in [3.63, 3.8) is 0 Å². The smallest absolute Gasteiger partial charge is 0.227 e. The third kappa shape index (κ3) is 5.12. The standard InChI is InChI=1S/C23H21BrN6OS/c1-14-21(32-23(25-2)28-14)19-9-10-26-22(30-19)29-17-6-4-5-16(12-17)27-13-15-7-8-20(31-3)18(24)11-15/h4-13H,1-3H3,(H,25,28)(H,26,29,30). The third-order valence-corrected chi connectivity index (χ3v) is 6.36. The minimum Gasteiger partial charge on any atom is -0.496 e. The first-order valence-corrected chi connectivity index (χ1v) is 11.4. The lowest BCUT2D eigenvalue weighted by Crippen LogP contribution is -1.97. The summed E-state index contributed by atoms with van der Waals surface area (Å²) in [6.07, 6.45) is 3.55. The van der Waals surface area contributed by atoms with Crippen LogP contribution >= 0.6 is 27.3 Å². The lowest BCUT2D eigenvalue weighted by atomic mass is 10.2. The first kappa shape index (κ1) is 21.9. The molecule has 9 heteroatoms. The molecular formula is C23H21BrN6OS. The number of aryl methyl sites for hydroxylation is 1. The van der Waals surface area contributed by atoms with Gasteiger partial charge in [0, 0.05) is 25.1 Å². The second-order valence-electron chi connectivity index (χ2n) is 6.78. The Morgan fingerprint density at radius 2 is 2.00 bits per heavy atom. The number of nitrogens with zero attached hydrogens (tertiary/aromatic N) is 4. The molecule has 2 aromatic heterocycles. The van der Waals surface area contributed by atoms with Gasteiger partial charge in [-0.3, -0.25) is 4.99 Å². The number of rotatable bonds is 7. The van der Waals surface area contributed by atoms with Gasteiger partial charge in [-0.25, -0.2) is 15.0 Å². The quantitative estimate of drug-likeness (QED) is 0.288. The normalized spacial score (nSPS) is 11.0. The van der Waals surface area contributed by atoms with E-state index in [4.69, 9.17) is 4.74 Å². The number of ether oxygens (including phenoxy) is 1. The number of halogens is 1. The van der Waals surface area contributed by atoms with Crippen LogP contribution in [0, 0.1) is 6.92 Å². The van der Waals surface area contributed by atoms with Crippen molar-refractivity contribution in [3.8, 4) is 16.3 Å². The number of hydrogen-bond donors (Lipinski definition) is 2. The van der Waals surface area contributed by atoms with Crippen LogP contribution in [0.5, 0.6) is 5.75 Å². The van der Waals surface area contributed by atoms with Gasteiger partial charge in [-0.1, -0.05) is 17.4 Å². The fourth-order valence-corrected chi connectivity index (χ4v) is 4.44. The van der Waals surface area contributed by atoms with Gasteiger partial charge in [-0.05, 0) is 70.9 Å². The highest BCUT2D eigenvalue weighted by atomic mass is 79.9. The van der Waals surface area contributed by atoms with Crippen LogP contribution in [0.3, 0.4) is 0 Å². The Morgan fingerprint density at radius 1 is 1.12 bits per heavy atom. The number of hydrogen-bond acceptors (Lipinski definition) is 8. The molecule has 0 saturated heterocycles. The largest absolute Gasteiger partial charge is 0.496 e. The van der Waals surface area contributed by atoms with E-state index in [1.54, 1.807) is 24.6 Å². The van der Waals surface area contributed by atoms with Crippen LogP contribution in [0.1, 0.15) is 11.3 Å². The molecule has 0 saturated carbocycles. The third-order valence-electron chi connectivity index (χ3n) is 4.54. The number of aliphatic imine (C=N–C) groups is 1. The summed E-state index contributed by atoms with van der Waals surface area (Å²) in [6, 6.07) is 15.5. The van der Waals surface area contributed by atoms with Gasteiger partial charge in [-0.2, -0.15) is 0 Å². The molecule has 0 amide bonds. The molecule has 32 heavy (non-hydrogen) atoms. The molecule has 0 fully saturated rings. The maximum Gasteiger partial charge on any atom is 0.227 e. The molecule has 7 nitrogen and oxygen atoms in total. The van der Waals surface area contributed by atoms with E-state index in [-0.39, 0.29) is 0 Å². The average molecular weight is 509 g/mol. The average Bonchev–Trinajstić information content (AvgIpc) is 3.19. The fraction of sp³-hybridized carbons (Fsp3) is 0.130. The van der Waals surface area contributed by atoms with Crippen molar-refractivity contribution in [2.75, 3.05) is 24.8 Å². The van der Waals surface area contributed by atoms with Gasteiger partial charge in [0.2, 0.25) is 5.95 Å². The minimum atomic E-state index is 0.515. The highest BCUT2D eigenvalue weighted by Crippen LogP contribution is 2.32. The second kappa shape index (κ2) is 9.88. The Hall–Kier alpha value is -3.30. The zero-order valence-electron chi connectivity index (χ0n) is 17.8. The maximum atomic E-state index is 5.27. The molecule has 0 aliphatic carbocycles. The van der Waals surface area contributed by atoms with Gasteiger partial charge in [0.15, 0.2) is 5.13 Å². The van der Waals surface area contributed by atoms with Crippen molar-refractivity contribution < 1.29 is 4.74 Å². The summed E-state index contributed by atoms with van der Waals surface area (Å²) < 4.78 is 6.15. The summed E-state index contributed by atoms with van der Waals surface area (Å²) in [5.74, 6) is 1.30. The molecule has 0 bridgehead atoms. The van der Waals surface area contributed by atoms with E-state index in [9.17, 15) is 0 Å². The van der Waals surface area contributed by atoms with Crippen molar-refractivity contribution in [1.82, 2.24) is 15.0 Å². The molecular weight excluding hydrogens is 488 g/mol. The molecule has 0 atom stereocenters. The van der Waals surface area contributed by atoms with Gasteiger partial charge in [0.1, 0.15) is 5.75 Å². The van der Waals surface area contributed by atoms with Crippen LogP contribution in [-0.4, -0.2) is 35.3 Å². The van der Waals surface area contributed by atoms with Crippen LogP contribution < -0.4 is 15.4 Å². The molecule has 0 aliphatic heterocycles. The molecule has 0 unspecified atom stereocenters. The Kier molecular flexibility index (Phi) is 6.77. The lowest BCUT2D eigenvalue weighted by Gasteiger charge is -2.07. The SMILES string of the molecule is CNc1nc(C)c(-c2ccnc(Nc3cccc(N=Cc4ccc(OC)c(Br)c4)c3)n2)s1. The Morgan fingerprint density at radius 3 is 2.75 bits per heavy atom. The maximum absolute atomic E-state index is 5.27. The van der Waals surface area contributed by atoms with Crippen LogP contribution in [0.15, 0.2) is 64.2 Å². The van der Waals surface area contributed by atoms with Crippen molar-refractivity contribution in [3.05, 3.63) is 70.5 Å². The number of nitrogens with one attached hydrogen (secondary N) is 2. The van der Waals surface area contributed by atoms with Crippen LogP contribution in [0.25, 0.3) is 10.6 Å². The zero-order valence-corrected chi connectivity index (χ0v) is 20.2. The molecule has 2 N–H and O–H groups in total. The number of benzene rings is 2. The highest BCUT2D eigenvalue weighted by molar-refractivity contribution is 9.10. The predicted molar refractivity (Wildman–Crippen MR) is 135 cm³/mol. The van der Waals surface area contributed by atoms with Crippen LogP contribution in [-0.2, 0) is 0 Å². The van der Waals surface area contributed by atoms with Gasteiger partial charge in [0.05, 0.1) is 33.5 Å². The summed E-state index contributed by atoms with van der Waals surface area (Å²) in [6.45, 7) is 1.98. The second-order valence-corrected chi connectivity index (χ2v) is 8.63. The molecule has 0 radical (unpaired) electrons. The van der Waals surface area contributed by atoms with Crippen molar-refractivity contribution in [1.29, 1.82) is 0 Å². The summed E-state index contributed by atoms with van der Waals surface area (Å²) >= 11 is 5.06. The predicted octanol–water partition coefficient (Wildman–Crippen LogP) is 6.22.